The third-order valence-electron chi connectivity index (χ3n) is 8.14. The van der Waals surface area contributed by atoms with Crippen LogP contribution in [-0.4, -0.2) is 143 Å². The molecule has 2 fully saturated rings. The molecule has 2 saturated heterocycles. The molecule has 12 atom stereocenters. The van der Waals surface area contributed by atoms with Gasteiger partial charge in [0.25, 0.3) is 0 Å². The lowest BCUT2D eigenvalue weighted by Crippen LogP contribution is -2.64. The fourth-order valence-corrected chi connectivity index (χ4v) is 5.52. The number of carbonyl (C=O) groups is 1. The van der Waals surface area contributed by atoms with Gasteiger partial charge in [0.1, 0.15) is 65.5 Å². The highest BCUT2D eigenvalue weighted by molar-refractivity contribution is 6.06. The van der Waals surface area contributed by atoms with Crippen LogP contribution in [-0.2, 0) is 24.5 Å². The van der Waals surface area contributed by atoms with Gasteiger partial charge in [0.15, 0.2) is 35.8 Å². The number of fused-ring (bicyclic) bond motifs is 1. The summed E-state index contributed by atoms with van der Waals surface area (Å²) in [6.45, 7) is -0.293. The Morgan fingerprint density at radius 3 is 2.11 bits per heavy atom. The Balaban J connectivity index is 1.46. The predicted octanol–water partition coefficient (Wildman–Crippen LogP) is -2.99. The van der Waals surface area contributed by atoms with Crippen molar-refractivity contribution >= 4 is 5.78 Å². The largest absolute Gasteiger partial charge is 0.508 e. The first-order valence-corrected chi connectivity index (χ1v) is 13.8. The monoisotopic (exact) mass is 642 g/mol. The number of aliphatic hydroxyl groups is 7. The molecule has 2 aromatic rings. The van der Waals surface area contributed by atoms with Crippen LogP contribution in [0.2, 0.25) is 0 Å². The number of ketones is 1. The van der Waals surface area contributed by atoms with E-state index in [4.69, 9.17) is 23.7 Å². The highest BCUT2D eigenvalue weighted by atomic mass is 16.7. The molecule has 0 spiro atoms. The van der Waals surface area contributed by atoms with Crippen molar-refractivity contribution in [3.63, 3.8) is 0 Å². The molecule has 0 bridgehead atoms. The number of aromatic hydroxyl groups is 4. The van der Waals surface area contributed by atoms with Gasteiger partial charge < -0.3 is 79.9 Å². The fraction of sp³-hybridized carbons (Fsp3) is 0.536. The van der Waals surface area contributed by atoms with E-state index in [0.717, 1.165) is 24.3 Å². The van der Waals surface area contributed by atoms with E-state index in [-0.39, 0.29) is 5.56 Å². The molecule has 3 heterocycles. The molecule has 3 aliphatic heterocycles. The van der Waals surface area contributed by atoms with E-state index in [9.17, 15) is 61.0 Å². The van der Waals surface area contributed by atoms with Crippen molar-refractivity contribution in [2.75, 3.05) is 13.2 Å². The maximum Gasteiger partial charge on any atom is 0.203 e. The third-order valence-corrected chi connectivity index (χ3v) is 8.14. The van der Waals surface area contributed by atoms with E-state index < -0.39 is 126 Å². The molecule has 0 aliphatic carbocycles. The van der Waals surface area contributed by atoms with Crippen LogP contribution in [0.4, 0.5) is 0 Å². The summed E-state index contributed by atoms with van der Waals surface area (Å²) >= 11 is 0. The summed E-state index contributed by atoms with van der Waals surface area (Å²) in [4.78, 5) is 13.9. The molecular formula is C28H34O17. The minimum Gasteiger partial charge on any atom is -0.508 e. The number of hydrogen-bond acceptors (Lipinski definition) is 17. The third kappa shape index (κ3) is 5.77. The average molecular weight is 643 g/mol. The number of benzene rings is 2. The van der Waals surface area contributed by atoms with Crippen molar-refractivity contribution in [3.05, 3.63) is 41.5 Å². The maximum atomic E-state index is 13.9. The Morgan fingerprint density at radius 1 is 0.778 bits per heavy atom. The van der Waals surface area contributed by atoms with Gasteiger partial charge in [-0.05, 0) is 19.1 Å². The average Bonchev–Trinajstić information content (AvgIpc) is 2.99. The summed E-state index contributed by atoms with van der Waals surface area (Å²) in [5, 5.41) is 113. The molecule has 5 rings (SSSR count). The molecule has 17 heteroatoms. The summed E-state index contributed by atoms with van der Waals surface area (Å²) in [6, 6.07) is 4.98. The second kappa shape index (κ2) is 12.5. The number of Topliss-reactive ketones (excluding diaryl/α,β-unsaturated/α-hetero) is 1. The zero-order valence-electron chi connectivity index (χ0n) is 23.5. The number of hydrogen-bond donors (Lipinski definition) is 11. The second-order valence-corrected chi connectivity index (χ2v) is 11.1. The number of ether oxygens (including phenoxy) is 5. The molecular weight excluding hydrogens is 608 g/mol. The number of phenols is 4. The quantitative estimate of drug-likeness (QED) is 0.134. The van der Waals surface area contributed by atoms with E-state index in [0.29, 0.717) is 0 Å². The zero-order chi connectivity index (χ0) is 33.0. The first-order chi connectivity index (χ1) is 21.2. The Bertz CT molecular complexity index is 1400. The van der Waals surface area contributed by atoms with Gasteiger partial charge in [-0.25, -0.2) is 0 Å². The summed E-state index contributed by atoms with van der Waals surface area (Å²) < 4.78 is 28.2. The van der Waals surface area contributed by atoms with Gasteiger partial charge >= 0.3 is 0 Å². The molecule has 2 aromatic carbocycles. The second-order valence-electron chi connectivity index (χ2n) is 11.1. The lowest BCUT2D eigenvalue weighted by atomic mass is 9.81. The van der Waals surface area contributed by atoms with E-state index in [2.05, 4.69) is 0 Å². The normalized spacial score (nSPS) is 38.4. The first kappa shape index (κ1) is 33.0. The SMILES string of the molecule is C[C@@H]1O[C@@H](OC[C@H]2O[C@@H](O[C@@H]3C(=O)c4c(O)cc(O)cc4OC3(CO)c3ccc(O)c(O)c3)[C@H](O)[C@@H](O)[C@@H]2O)[C@H](O)[C@H](O)[C@H]1O. The molecule has 3 aliphatic rings. The van der Waals surface area contributed by atoms with Crippen LogP contribution in [0.1, 0.15) is 22.8 Å². The Hall–Kier alpha value is -3.33. The molecule has 0 aromatic heterocycles. The molecule has 0 saturated carbocycles. The fourth-order valence-electron chi connectivity index (χ4n) is 5.52. The minimum absolute atomic E-state index is 0.142. The van der Waals surface area contributed by atoms with Crippen molar-refractivity contribution in [2.24, 2.45) is 0 Å². The molecule has 0 radical (unpaired) electrons. The van der Waals surface area contributed by atoms with E-state index in [1.54, 1.807) is 0 Å². The van der Waals surface area contributed by atoms with Crippen LogP contribution < -0.4 is 4.74 Å². The van der Waals surface area contributed by atoms with Gasteiger partial charge in [-0.1, -0.05) is 6.07 Å². The van der Waals surface area contributed by atoms with Gasteiger partial charge in [0.2, 0.25) is 5.78 Å². The highest BCUT2D eigenvalue weighted by Gasteiger charge is 2.56. The van der Waals surface area contributed by atoms with Gasteiger partial charge in [-0.15, -0.1) is 0 Å². The van der Waals surface area contributed by atoms with Crippen LogP contribution in [0.25, 0.3) is 0 Å². The maximum absolute atomic E-state index is 13.9. The Kier molecular flexibility index (Phi) is 9.15. The van der Waals surface area contributed by atoms with E-state index in [1.165, 1.54) is 13.0 Å². The van der Waals surface area contributed by atoms with Crippen LogP contribution in [0.5, 0.6) is 28.7 Å². The Labute approximate surface area is 254 Å². The lowest BCUT2D eigenvalue weighted by Gasteiger charge is -2.46. The molecule has 248 valence electrons. The van der Waals surface area contributed by atoms with Gasteiger partial charge in [0, 0.05) is 17.7 Å². The molecule has 45 heavy (non-hydrogen) atoms. The topological polar surface area (TPSA) is 286 Å². The number of aliphatic hydroxyl groups excluding tert-OH is 7. The summed E-state index contributed by atoms with van der Waals surface area (Å²) in [5.41, 5.74) is -2.91. The van der Waals surface area contributed by atoms with E-state index in [1.807, 2.05) is 0 Å². The lowest BCUT2D eigenvalue weighted by molar-refractivity contribution is -0.337. The van der Waals surface area contributed by atoms with Crippen LogP contribution in [0.15, 0.2) is 30.3 Å². The van der Waals surface area contributed by atoms with Crippen molar-refractivity contribution < 1.29 is 84.7 Å². The summed E-state index contributed by atoms with van der Waals surface area (Å²) in [5.74, 6) is -3.92. The minimum atomic E-state index is -2.28. The van der Waals surface area contributed by atoms with E-state index >= 15 is 0 Å². The van der Waals surface area contributed by atoms with Crippen molar-refractivity contribution in [3.8, 4) is 28.7 Å². The molecule has 0 amide bonds. The van der Waals surface area contributed by atoms with Gasteiger partial charge in [-0.3, -0.25) is 4.79 Å². The van der Waals surface area contributed by atoms with Crippen molar-refractivity contribution in [1.82, 2.24) is 0 Å². The van der Waals surface area contributed by atoms with Crippen LogP contribution in [0, 0.1) is 0 Å². The number of carbonyl (C=O) groups excluding carboxylic acids is 1. The van der Waals surface area contributed by atoms with Crippen LogP contribution >= 0.6 is 0 Å². The molecule has 1 unspecified atom stereocenters. The number of rotatable bonds is 7. The molecule has 17 nitrogen and oxygen atoms in total. The number of phenolic OH excluding ortho intramolecular Hbond substituents is 4. The van der Waals surface area contributed by atoms with Crippen molar-refractivity contribution in [2.45, 2.75) is 80.0 Å². The van der Waals surface area contributed by atoms with Gasteiger partial charge in [-0.2, -0.15) is 0 Å². The summed E-state index contributed by atoms with van der Waals surface area (Å²) in [6.07, 6.45) is -18.6. The first-order valence-electron chi connectivity index (χ1n) is 13.8. The highest BCUT2D eigenvalue weighted by Crippen LogP contribution is 2.47. The van der Waals surface area contributed by atoms with Gasteiger partial charge in [0.05, 0.1) is 19.3 Å². The van der Waals surface area contributed by atoms with Crippen LogP contribution in [0.3, 0.4) is 0 Å². The molecule has 11 N–H and O–H groups in total. The predicted molar refractivity (Wildman–Crippen MR) is 143 cm³/mol. The zero-order valence-corrected chi connectivity index (χ0v) is 23.5. The standard InChI is InChI=1S/C28H34O17/c1-9-18(34)21(37)23(39)26(42-9)41-7-16-19(35)22(38)24(40)27(43-16)44-25-20(36)17-14(33)5-11(30)6-15(17)45-28(25,8-29)10-2-3-12(31)13(32)4-10/h2-6,9,16,18-19,21-27,29-35,37-40H,7-8H2,1H3/t9-,16+,18-,19+,21+,22-,23+,24+,25+,26+,27-,28?/m0/s1. The van der Waals surface area contributed by atoms with Crippen molar-refractivity contribution in [1.29, 1.82) is 0 Å². The Morgan fingerprint density at radius 2 is 1.44 bits per heavy atom. The smallest absolute Gasteiger partial charge is 0.203 e. The summed E-state index contributed by atoms with van der Waals surface area (Å²) in [7, 11) is 0.